The summed E-state index contributed by atoms with van der Waals surface area (Å²) in [6, 6.07) is 2.35. The van der Waals surface area contributed by atoms with Crippen molar-refractivity contribution in [3.05, 3.63) is 29.6 Å². The lowest BCUT2D eigenvalue weighted by atomic mass is 10.2. The minimum atomic E-state index is -4.49. The third-order valence-electron chi connectivity index (χ3n) is 2.57. The van der Waals surface area contributed by atoms with E-state index in [2.05, 4.69) is 24.6 Å². The second kappa shape index (κ2) is 7.88. The summed E-state index contributed by atoms with van der Waals surface area (Å²) in [5.74, 6) is -1.66. The van der Waals surface area contributed by atoms with Crippen molar-refractivity contribution in [3.63, 3.8) is 0 Å². The Hall–Kier alpha value is -2.76. The molecule has 1 amide bonds. The summed E-state index contributed by atoms with van der Waals surface area (Å²) in [5.41, 5.74) is -0.0964. The Morgan fingerprint density at radius 1 is 1.32 bits per heavy atom. The van der Waals surface area contributed by atoms with Crippen LogP contribution in [0.25, 0.3) is 0 Å². The molecule has 0 unspecified atom stereocenters. The second-order valence-corrected chi connectivity index (χ2v) is 5.17. The molecule has 0 spiro atoms. The van der Waals surface area contributed by atoms with Gasteiger partial charge in [-0.1, -0.05) is 4.49 Å². The highest BCUT2D eigenvalue weighted by molar-refractivity contribution is 7.10. The molecule has 0 bridgehead atoms. The van der Waals surface area contributed by atoms with Gasteiger partial charge in [-0.3, -0.25) is 4.79 Å². The largest absolute Gasteiger partial charge is 0.468 e. The van der Waals surface area contributed by atoms with Crippen LogP contribution in [0, 0.1) is 0 Å². The van der Waals surface area contributed by atoms with Gasteiger partial charge in [-0.25, -0.2) is 9.78 Å². The predicted molar refractivity (Wildman–Crippen MR) is 79.6 cm³/mol. The number of alkyl halides is 3. The first-order chi connectivity index (χ1) is 11.8. The Labute approximate surface area is 143 Å². The highest BCUT2D eigenvalue weighted by Crippen LogP contribution is 2.20. The molecule has 0 aliphatic carbocycles. The van der Waals surface area contributed by atoms with E-state index in [1.54, 1.807) is 6.92 Å². The van der Waals surface area contributed by atoms with Crippen molar-refractivity contribution in [2.45, 2.75) is 13.1 Å². The highest BCUT2D eigenvalue weighted by atomic mass is 32.1. The van der Waals surface area contributed by atoms with Gasteiger partial charge in [-0.2, -0.15) is 13.2 Å². The minimum absolute atomic E-state index is 0.0440. The van der Waals surface area contributed by atoms with Gasteiger partial charge >= 0.3 is 12.1 Å². The average Bonchev–Trinajstić information content (AvgIpc) is 3.01. The van der Waals surface area contributed by atoms with Gasteiger partial charge in [0, 0.05) is 23.8 Å². The molecule has 0 aliphatic heterocycles. The third-order valence-corrected chi connectivity index (χ3v) is 3.21. The first-order valence-electron chi connectivity index (χ1n) is 6.76. The highest BCUT2D eigenvalue weighted by Gasteiger charge is 2.28. The van der Waals surface area contributed by atoms with Gasteiger partial charge < -0.3 is 14.8 Å². The molecule has 0 aliphatic rings. The number of carbonyl (C=O) groups is 2. The first-order valence-corrected chi connectivity index (χ1v) is 7.54. The van der Waals surface area contributed by atoms with Crippen LogP contribution in [0.1, 0.15) is 27.8 Å². The summed E-state index contributed by atoms with van der Waals surface area (Å²) < 4.78 is 48.9. The van der Waals surface area contributed by atoms with Gasteiger partial charge in [0.25, 0.3) is 5.91 Å². The van der Waals surface area contributed by atoms with Gasteiger partial charge in [0.15, 0.2) is 11.6 Å². The van der Waals surface area contributed by atoms with Crippen molar-refractivity contribution in [2.75, 3.05) is 18.5 Å². The number of halogens is 3. The van der Waals surface area contributed by atoms with E-state index in [0.29, 0.717) is 0 Å². The van der Waals surface area contributed by atoms with Crippen molar-refractivity contribution < 1.29 is 32.2 Å². The molecule has 12 heteroatoms. The smallest absolute Gasteiger partial charge is 0.422 e. The minimum Gasteiger partial charge on any atom is -0.468 e. The van der Waals surface area contributed by atoms with E-state index in [1.807, 2.05) is 0 Å². The van der Waals surface area contributed by atoms with Crippen LogP contribution in [0.5, 0.6) is 5.88 Å². The maximum absolute atomic E-state index is 12.1. The number of hydrogen-bond acceptors (Lipinski definition) is 8. The number of aromatic nitrogens is 3. The molecule has 0 saturated heterocycles. The van der Waals surface area contributed by atoms with Crippen LogP contribution in [-0.4, -0.2) is 45.8 Å². The predicted octanol–water partition coefficient (Wildman–Crippen LogP) is 2.30. The normalized spacial score (nSPS) is 11.0. The number of ether oxygens (including phenoxy) is 2. The molecule has 2 rings (SSSR count). The number of esters is 1. The number of anilines is 1. The Morgan fingerprint density at radius 2 is 2.08 bits per heavy atom. The Bertz CT molecular complexity index is 748. The number of hydrogen-bond donors (Lipinski definition) is 1. The molecular formula is C13H11F3N4O4S. The lowest BCUT2D eigenvalue weighted by molar-refractivity contribution is -0.154. The number of carbonyl (C=O) groups excluding carboxylic acids is 2. The summed E-state index contributed by atoms with van der Waals surface area (Å²) in [7, 11) is 0. The molecule has 134 valence electrons. The molecule has 2 aromatic heterocycles. The quantitative estimate of drug-likeness (QED) is 0.772. The zero-order valence-corrected chi connectivity index (χ0v) is 13.5. The van der Waals surface area contributed by atoms with E-state index in [1.165, 1.54) is 6.07 Å². The summed E-state index contributed by atoms with van der Waals surface area (Å²) in [4.78, 5) is 27.4. The van der Waals surface area contributed by atoms with E-state index >= 15 is 0 Å². The molecule has 25 heavy (non-hydrogen) atoms. The zero-order valence-electron chi connectivity index (χ0n) is 12.7. The van der Waals surface area contributed by atoms with E-state index in [-0.39, 0.29) is 28.7 Å². The standard InChI is InChI=1S/C13H11F3N4O4S/c1-2-23-12(22)9-11(25-20-19-9)18-10(21)7-3-4-8(17-5-7)24-6-13(14,15)16/h3-5H,2,6H2,1H3,(H,18,21). The maximum atomic E-state index is 12.1. The SMILES string of the molecule is CCOC(=O)c1nnsc1NC(=O)c1ccc(OCC(F)(F)F)nc1. The summed E-state index contributed by atoms with van der Waals surface area (Å²) in [6.07, 6.45) is -3.44. The summed E-state index contributed by atoms with van der Waals surface area (Å²) in [6.45, 7) is 0.262. The van der Waals surface area contributed by atoms with Crippen LogP contribution < -0.4 is 10.1 Å². The maximum Gasteiger partial charge on any atom is 0.422 e. The van der Waals surface area contributed by atoms with Gasteiger partial charge in [0.05, 0.1) is 12.2 Å². The number of pyridine rings is 1. The fraction of sp³-hybridized carbons (Fsp3) is 0.308. The first kappa shape index (κ1) is 18.6. The summed E-state index contributed by atoms with van der Waals surface area (Å²) >= 11 is 0.777. The van der Waals surface area contributed by atoms with Crippen molar-refractivity contribution in [3.8, 4) is 5.88 Å². The van der Waals surface area contributed by atoms with Crippen LogP contribution in [0.2, 0.25) is 0 Å². The molecule has 2 heterocycles. The van der Waals surface area contributed by atoms with Crippen LogP contribution in [-0.2, 0) is 4.74 Å². The van der Waals surface area contributed by atoms with Crippen molar-refractivity contribution in [2.24, 2.45) is 0 Å². The molecule has 0 aromatic carbocycles. The average molecular weight is 376 g/mol. The van der Waals surface area contributed by atoms with Crippen molar-refractivity contribution >= 4 is 28.4 Å². The monoisotopic (exact) mass is 376 g/mol. The molecule has 0 atom stereocenters. The molecule has 1 N–H and O–H groups in total. The summed E-state index contributed by atoms with van der Waals surface area (Å²) in [5, 5.41) is 6.08. The molecule has 8 nitrogen and oxygen atoms in total. The molecule has 2 aromatic rings. The van der Waals surface area contributed by atoms with Gasteiger partial charge in [-0.15, -0.1) is 5.10 Å². The fourth-order valence-electron chi connectivity index (χ4n) is 1.54. The molecule has 0 saturated carbocycles. The molecule has 0 radical (unpaired) electrons. The van der Waals surface area contributed by atoms with E-state index in [4.69, 9.17) is 4.74 Å². The second-order valence-electron chi connectivity index (χ2n) is 4.41. The van der Waals surface area contributed by atoms with E-state index < -0.39 is 24.7 Å². The van der Waals surface area contributed by atoms with Crippen LogP contribution in [0.4, 0.5) is 18.2 Å². The molecular weight excluding hydrogens is 365 g/mol. The van der Waals surface area contributed by atoms with Crippen LogP contribution in [0.3, 0.4) is 0 Å². The van der Waals surface area contributed by atoms with Crippen molar-refractivity contribution in [1.82, 2.24) is 14.6 Å². The van der Waals surface area contributed by atoms with E-state index in [0.717, 1.165) is 23.8 Å². The Balaban J connectivity index is 2.02. The lowest BCUT2D eigenvalue weighted by Gasteiger charge is -2.08. The van der Waals surface area contributed by atoms with Crippen molar-refractivity contribution in [1.29, 1.82) is 0 Å². The number of nitrogens with zero attached hydrogens (tertiary/aromatic N) is 3. The van der Waals surface area contributed by atoms with Gasteiger partial charge in [-0.05, 0) is 13.0 Å². The third kappa shape index (κ3) is 5.38. The number of rotatable bonds is 6. The van der Waals surface area contributed by atoms with Crippen LogP contribution in [0.15, 0.2) is 18.3 Å². The Morgan fingerprint density at radius 3 is 2.68 bits per heavy atom. The van der Waals surface area contributed by atoms with Gasteiger partial charge in [0.1, 0.15) is 0 Å². The number of nitrogens with one attached hydrogen (secondary N) is 1. The topological polar surface area (TPSA) is 103 Å². The van der Waals surface area contributed by atoms with E-state index in [9.17, 15) is 22.8 Å². The Kier molecular flexibility index (Phi) is 5.85. The molecule has 0 fully saturated rings. The lowest BCUT2D eigenvalue weighted by Crippen LogP contribution is -2.20. The number of amides is 1. The van der Waals surface area contributed by atoms with Gasteiger partial charge in [0.2, 0.25) is 11.6 Å². The zero-order chi connectivity index (χ0) is 18.4. The van der Waals surface area contributed by atoms with Crippen LogP contribution >= 0.6 is 11.5 Å². The fourth-order valence-corrected chi connectivity index (χ4v) is 2.09.